The van der Waals surface area contributed by atoms with Crippen LogP contribution in [-0.2, 0) is 0 Å². The van der Waals surface area contributed by atoms with Gasteiger partial charge in [-0.05, 0) is 77.4 Å². The monoisotopic (exact) mass is 585 g/mol. The number of nitrogens with zero attached hydrogens (tertiary/aromatic N) is 3. The van der Waals surface area contributed by atoms with E-state index in [1.165, 1.54) is 32.7 Å². The maximum Gasteiger partial charge on any atom is 0.0998 e. The molecule has 0 aliphatic heterocycles. The van der Waals surface area contributed by atoms with Gasteiger partial charge in [0.05, 0.1) is 33.7 Å². The highest BCUT2D eigenvalue weighted by Gasteiger charge is 2.16. The smallest absolute Gasteiger partial charge is 0.0998 e. The molecule has 0 saturated carbocycles. The third-order valence-corrected chi connectivity index (χ3v) is 9.16. The quantitative estimate of drug-likeness (QED) is 0.202. The number of hydrogen-bond donors (Lipinski definition) is 0. The zero-order valence-corrected chi connectivity index (χ0v) is 24.9. The minimum atomic E-state index is 0.649. The van der Waals surface area contributed by atoms with Crippen LogP contribution < -0.4 is 0 Å². The van der Waals surface area contributed by atoms with E-state index in [4.69, 9.17) is 0 Å². The molecule has 0 aliphatic rings. The predicted molar refractivity (Wildman–Crippen MR) is 191 cm³/mol. The molecule has 0 radical (unpaired) electrons. The summed E-state index contributed by atoms with van der Waals surface area (Å²) in [6, 6.07) is 60.1. The Kier molecular flexibility index (Phi) is 5.88. The number of nitriles is 1. The molecule has 0 aliphatic carbocycles. The van der Waals surface area contributed by atoms with Crippen LogP contribution in [-0.4, -0.2) is 9.13 Å². The maximum atomic E-state index is 10.2. The van der Waals surface area contributed by atoms with Crippen LogP contribution in [0.2, 0.25) is 0 Å². The normalized spacial score (nSPS) is 11.5. The molecule has 0 fully saturated rings. The molecule has 3 heteroatoms. The molecule has 0 bridgehead atoms. The molecule has 0 N–H and O–H groups in total. The summed E-state index contributed by atoms with van der Waals surface area (Å²) < 4.78 is 4.64. The summed E-state index contributed by atoms with van der Waals surface area (Å²) in [6.45, 7) is 0. The molecule has 3 nitrogen and oxygen atoms in total. The summed E-state index contributed by atoms with van der Waals surface area (Å²) >= 11 is 0. The average Bonchev–Trinajstić information content (AvgIpc) is 3.64. The molecule has 9 rings (SSSR count). The van der Waals surface area contributed by atoms with Crippen LogP contribution in [0, 0.1) is 11.3 Å². The zero-order valence-electron chi connectivity index (χ0n) is 24.9. The lowest BCUT2D eigenvalue weighted by molar-refractivity contribution is 1.17. The van der Waals surface area contributed by atoms with Crippen LogP contribution in [0.1, 0.15) is 5.56 Å². The first-order valence-corrected chi connectivity index (χ1v) is 15.5. The first-order chi connectivity index (χ1) is 22.8. The summed E-state index contributed by atoms with van der Waals surface area (Å²) in [5, 5.41) is 15.1. The molecular formula is C43H27N3. The minimum Gasteiger partial charge on any atom is -0.309 e. The van der Waals surface area contributed by atoms with Gasteiger partial charge < -0.3 is 9.13 Å². The molecular weight excluding hydrogens is 558 g/mol. The van der Waals surface area contributed by atoms with E-state index in [-0.39, 0.29) is 0 Å². The van der Waals surface area contributed by atoms with Gasteiger partial charge in [-0.2, -0.15) is 5.26 Å². The molecule has 0 saturated heterocycles. The van der Waals surface area contributed by atoms with Crippen molar-refractivity contribution in [3.8, 4) is 39.7 Å². The Morgan fingerprint density at radius 3 is 1.57 bits per heavy atom. The van der Waals surface area contributed by atoms with Crippen molar-refractivity contribution in [1.82, 2.24) is 9.13 Å². The van der Waals surface area contributed by atoms with Crippen molar-refractivity contribution < 1.29 is 0 Å². The van der Waals surface area contributed by atoms with Crippen molar-refractivity contribution in [2.75, 3.05) is 0 Å². The Morgan fingerprint density at radius 1 is 0.370 bits per heavy atom. The first kappa shape index (κ1) is 26.1. The molecule has 0 amide bonds. The number of fused-ring (bicyclic) bond motifs is 6. The van der Waals surface area contributed by atoms with Crippen LogP contribution in [0.5, 0.6) is 0 Å². The van der Waals surface area contributed by atoms with E-state index in [9.17, 15) is 5.26 Å². The summed E-state index contributed by atoms with van der Waals surface area (Å²) in [5.74, 6) is 0. The van der Waals surface area contributed by atoms with Crippen LogP contribution in [0.3, 0.4) is 0 Å². The summed E-state index contributed by atoms with van der Waals surface area (Å²) in [7, 11) is 0. The number of aromatic nitrogens is 2. The second-order valence-electron chi connectivity index (χ2n) is 11.7. The molecule has 214 valence electrons. The molecule has 0 atom stereocenters. The van der Waals surface area contributed by atoms with Crippen molar-refractivity contribution in [2.45, 2.75) is 0 Å². The summed E-state index contributed by atoms with van der Waals surface area (Å²) in [5.41, 5.74) is 11.7. The third-order valence-electron chi connectivity index (χ3n) is 9.16. The van der Waals surface area contributed by atoms with E-state index < -0.39 is 0 Å². The first-order valence-electron chi connectivity index (χ1n) is 15.5. The molecule has 2 aromatic heterocycles. The second-order valence-corrected chi connectivity index (χ2v) is 11.7. The standard InChI is InChI=1S/C43H27N3/c44-28-32-21-23-34(46-40-18-7-4-15-35(40)36-16-5-8-19-41(36)46)27-38(32)31-13-10-14-33(25-31)45-42-20-9-6-17-37(42)39-26-30(22-24-43(39)45)29-11-2-1-3-12-29/h1-27H. The van der Waals surface area contributed by atoms with Crippen molar-refractivity contribution in [2.24, 2.45) is 0 Å². The van der Waals surface area contributed by atoms with Gasteiger partial charge in [0.1, 0.15) is 0 Å². The van der Waals surface area contributed by atoms with Crippen molar-refractivity contribution in [3.05, 3.63) is 169 Å². The molecule has 0 spiro atoms. The highest BCUT2D eigenvalue weighted by atomic mass is 15.0. The van der Waals surface area contributed by atoms with E-state index in [0.29, 0.717) is 5.56 Å². The Hall–Kier alpha value is -6.37. The van der Waals surface area contributed by atoms with Gasteiger partial charge in [-0.25, -0.2) is 0 Å². The SMILES string of the molecule is N#Cc1ccc(-n2c3ccccc3c3ccccc32)cc1-c1cccc(-n2c3ccccc3c3cc(-c4ccccc4)ccc32)c1. The van der Waals surface area contributed by atoms with E-state index >= 15 is 0 Å². The van der Waals surface area contributed by atoms with Gasteiger partial charge in [-0.3, -0.25) is 0 Å². The van der Waals surface area contributed by atoms with E-state index in [1.807, 2.05) is 6.07 Å². The van der Waals surface area contributed by atoms with Gasteiger partial charge in [0, 0.05) is 38.5 Å². The van der Waals surface area contributed by atoms with Crippen LogP contribution in [0.15, 0.2) is 164 Å². The van der Waals surface area contributed by atoms with E-state index in [0.717, 1.165) is 44.6 Å². The number of rotatable bonds is 4. The molecule has 0 unspecified atom stereocenters. The van der Waals surface area contributed by atoms with Gasteiger partial charge in [-0.15, -0.1) is 0 Å². The molecule has 9 aromatic rings. The lowest BCUT2D eigenvalue weighted by atomic mass is 9.99. The highest BCUT2D eigenvalue weighted by molar-refractivity contribution is 6.11. The Balaban J connectivity index is 1.23. The van der Waals surface area contributed by atoms with E-state index in [1.54, 1.807) is 0 Å². The Morgan fingerprint density at radius 2 is 0.913 bits per heavy atom. The van der Waals surface area contributed by atoms with Gasteiger partial charge in [0.25, 0.3) is 0 Å². The van der Waals surface area contributed by atoms with Gasteiger partial charge in [-0.1, -0.05) is 103 Å². The topological polar surface area (TPSA) is 33.6 Å². The van der Waals surface area contributed by atoms with Crippen molar-refractivity contribution in [3.63, 3.8) is 0 Å². The Labute approximate surface area is 266 Å². The van der Waals surface area contributed by atoms with Crippen molar-refractivity contribution >= 4 is 43.6 Å². The number of hydrogen-bond acceptors (Lipinski definition) is 1. The van der Waals surface area contributed by atoms with Crippen molar-refractivity contribution in [1.29, 1.82) is 5.26 Å². The van der Waals surface area contributed by atoms with Gasteiger partial charge >= 0.3 is 0 Å². The zero-order chi connectivity index (χ0) is 30.6. The van der Waals surface area contributed by atoms with Crippen LogP contribution in [0.25, 0.3) is 77.2 Å². The second kappa shape index (κ2) is 10.4. The van der Waals surface area contributed by atoms with Crippen LogP contribution in [0.4, 0.5) is 0 Å². The number of benzene rings is 7. The summed E-state index contributed by atoms with van der Waals surface area (Å²) in [6.07, 6.45) is 0. The molecule has 7 aromatic carbocycles. The minimum absolute atomic E-state index is 0.649. The van der Waals surface area contributed by atoms with Gasteiger partial charge in [0.15, 0.2) is 0 Å². The number of para-hydroxylation sites is 3. The molecule has 2 heterocycles. The predicted octanol–water partition coefficient (Wildman–Crippen LogP) is 11.1. The lowest BCUT2D eigenvalue weighted by Gasteiger charge is -2.14. The Bertz CT molecular complexity index is 2600. The molecule has 46 heavy (non-hydrogen) atoms. The average molecular weight is 586 g/mol. The largest absolute Gasteiger partial charge is 0.309 e. The third kappa shape index (κ3) is 3.98. The van der Waals surface area contributed by atoms with Gasteiger partial charge in [0.2, 0.25) is 0 Å². The fourth-order valence-electron chi connectivity index (χ4n) is 7.08. The fourth-order valence-corrected chi connectivity index (χ4v) is 7.08. The lowest BCUT2D eigenvalue weighted by Crippen LogP contribution is -1.97. The van der Waals surface area contributed by atoms with Crippen LogP contribution >= 0.6 is 0 Å². The summed E-state index contributed by atoms with van der Waals surface area (Å²) in [4.78, 5) is 0. The maximum absolute atomic E-state index is 10.2. The highest BCUT2D eigenvalue weighted by Crippen LogP contribution is 2.37. The van der Waals surface area contributed by atoms with E-state index in [2.05, 4.69) is 173 Å². The fraction of sp³-hybridized carbons (Fsp3) is 0.